The molecular weight excluding hydrogens is 124 g/mol. The van der Waals surface area contributed by atoms with Crippen molar-refractivity contribution in [3.05, 3.63) is 0 Å². The van der Waals surface area contributed by atoms with E-state index in [9.17, 15) is 0 Å². The van der Waals surface area contributed by atoms with Gasteiger partial charge in [-0.15, -0.1) is 0 Å². The van der Waals surface area contributed by atoms with Gasteiger partial charge < -0.3 is 3.87 Å². The van der Waals surface area contributed by atoms with Crippen molar-refractivity contribution in [3.63, 3.8) is 0 Å². The molecule has 0 N–H and O–H groups in total. The third-order valence-corrected chi connectivity index (χ3v) is 3.00. The maximum atomic E-state index is 5.28. The molecule has 0 saturated heterocycles. The van der Waals surface area contributed by atoms with Gasteiger partial charge in [0.05, 0.1) is 0 Å². The van der Waals surface area contributed by atoms with E-state index in [1.165, 1.54) is 12.0 Å². The molecule has 7 heavy (non-hydrogen) atoms. The van der Waals surface area contributed by atoms with E-state index in [0.717, 1.165) is 0 Å². The van der Waals surface area contributed by atoms with E-state index in [-0.39, 0.29) is 0 Å². The Morgan fingerprint density at radius 1 is 1.29 bits per heavy atom. The summed E-state index contributed by atoms with van der Waals surface area (Å²) in [5, 5.41) is 0. The first-order valence-corrected chi connectivity index (χ1v) is 6.84. The number of hydrogen-bond acceptors (Lipinski definition) is 2. The van der Waals surface area contributed by atoms with E-state index < -0.39 is 8.32 Å². The first-order chi connectivity index (χ1) is 3.06. The van der Waals surface area contributed by atoms with Crippen LogP contribution in [0, 0.1) is 0 Å². The van der Waals surface area contributed by atoms with Gasteiger partial charge >= 0.3 is 0 Å². The molecule has 0 rings (SSSR count). The summed E-state index contributed by atoms with van der Waals surface area (Å²) in [6.45, 7) is 6.51. The van der Waals surface area contributed by atoms with Crippen LogP contribution in [-0.4, -0.2) is 14.6 Å². The van der Waals surface area contributed by atoms with Gasteiger partial charge in [-0.05, 0) is 31.7 Å². The van der Waals surface area contributed by atoms with Crippen LogP contribution in [0.5, 0.6) is 0 Å². The molecule has 0 heterocycles. The number of hydrogen-bond donors (Lipinski definition) is 0. The van der Waals surface area contributed by atoms with Gasteiger partial charge in [0.2, 0.25) is 8.32 Å². The van der Waals surface area contributed by atoms with E-state index in [2.05, 4.69) is 19.6 Å². The van der Waals surface area contributed by atoms with Crippen LogP contribution in [0.4, 0.5) is 0 Å². The van der Waals surface area contributed by atoms with Crippen molar-refractivity contribution < 1.29 is 3.87 Å². The lowest BCUT2D eigenvalue weighted by Gasteiger charge is -2.12. The summed E-state index contributed by atoms with van der Waals surface area (Å²) in [6, 6.07) is 0. The topological polar surface area (TPSA) is 9.23 Å². The zero-order valence-corrected chi connectivity index (χ0v) is 7.13. The maximum Gasteiger partial charge on any atom is 0.202 e. The monoisotopic (exact) mass is 136 g/mol. The summed E-state index contributed by atoms with van der Waals surface area (Å²) in [5.74, 6) is 0. The molecule has 0 aliphatic carbocycles. The molecule has 1 nitrogen and oxygen atoms in total. The van der Waals surface area contributed by atoms with Crippen LogP contribution in [0.2, 0.25) is 19.6 Å². The molecule has 0 spiro atoms. The second-order valence-electron chi connectivity index (χ2n) is 2.36. The Hall–Kier alpha value is 0.527. The lowest BCUT2D eigenvalue weighted by Crippen LogP contribution is -2.20. The summed E-state index contributed by atoms with van der Waals surface area (Å²) < 4.78 is 5.28. The van der Waals surface area contributed by atoms with Crippen molar-refractivity contribution >= 4 is 20.4 Å². The lowest BCUT2D eigenvalue weighted by atomic mass is 11.8. The molecule has 0 aromatic carbocycles. The second kappa shape index (κ2) is 2.74. The van der Waals surface area contributed by atoms with E-state index in [4.69, 9.17) is 3.87 Å². The first kappa shape index (κ1) is 7.53. The summed E-state index contributed by atoms with van der Waals surface area (Å²) in [4.78, 5) is 0. The summed E-state index contributed by atoms with van der Waals surface area (Å²) in [7, 11) is -1.19. The maximum absolute atomic E-state index is 5.28. The number of rotatable bonds is 2. The average Bonchev–Trinajstić information content (AvgIpc) is 1.30. The smallest absolute Gasteiger partial charge is 0.202 e. The Kier molecular flexibility index (Phi) is 2.95. The molecule has 0 unspecified atom stereocenters. The van der Waals surface area contributed by atoms with Crippen molar-refractivity contribution in [2.75, 3.05) is 6.26 Å². The van der Waals surface area contributed by atoms with E-state index in [0.29, 0.717) is 0 Å². The highest BCUT2D eigenvalue weighted by atomic mass is 32.2. The largest absolute Gasteiger partial charge is 0.358 e. The molecule has 0 aliphatic heterocycles. The molecule has 0 aliphatic rings. The van der Waals surface area contributed by atoms with Crippen LogP contribution >= 0.6 is 12.0 Å². The van der Waals surface area contributed by atoms with Crippen molar-refractivity contribution in [1.82, 2.24) is 0 Å². The van der Waals surface area contributed by atoms with Crippen LogP contribution in [0.25, 0.3) is 0 Å². The average molecular weight is 136 g/mol. The predicted molar refractivity (Wildman–Crippen MR) is 37.9 cm³/mol. The first-order valence-electron chi connectivity index (χ1n) is 2.28. The Bertz CT molecular complexity index is 50.1. The minimum Gasteiger partial charge on any atom is -0.358 e. The van der Waals surface area contributed by atoms with Crippen LogP contribution in [-0.2, 0) is 3.87 Å². The summed E-state index contributed by atoms with van der Waals surface area (Å²) in [5.41, 5.74) is 0. The molecule has 0 radical (unpaired) electrons. The highest BCUT2D eigenvalue weighted by Crippen LogP contribution is 2.09. The van der Waals surface area contributed by atoms with Crippen LogP contribution < -0.4 is 0 Å². The van der Waals surface area contributed by atoms with Gasteiger partial charge in [0.1, 0.15) is 0 Å². The predicted octanol–water partition coefficient (Wildman–Crippen LogP) is 2.12. The van der Waals surface area contributed by atoms with Gasteiger partial charge in [0, 0.05) is 6.26 Å². The summed E-state index contributed by atoms with van der Waals surface area (Å²) in [6.07, 6.45) is 1.96. The van der Waals surface area contributed by atoms with Gasteiger partial charge in [-0.1, -0.05) is 0 Å². The highest BCUT2D eigenvalue weighted by Gasteiger charge is 2.12. The van der Waals surface area contributed by atoms with Gasteiger partial charge in [0.25, 0.3) is 0 Å². The molecule has 3 heteroatoms. The van der Waals surface area contributed by atoms with Crippen molar-refractivity contribution in [3.8, 4) is 0 Å². The fraction of sp³-hybridized carbons (Fsp3) is 1.00. The zero-order chi connectivity index (χ0) is 5.91. The van der Waals surface area contributed by atoms with E-state index in [1.54, 1.807) is 0 Å². The molecule has 0 aromatic rings. The Morgan fingerprint density at radius 2 is 1.71 bits per heavy atom. The van der Waals surface area contributed by atoms with Crippen LogP contribution in [0.3, 0.4) is 0 Å². The minimum absolute atomic E-state index is 1.19. The van der Waals surface area contributed by atoms with Crippen molar-refractivity contribution in [2.45, 2.75) is 19.6 Å². The van der Waals surface area contributed by atoms with E-state index >= 15 is 0 Å². The SMILES string of the molecule is CSO[Si](C)(C)C. The highest BCUT2D eigenvalue weighted by molar-refractivity contribution is 7.94. The molecule has 44 valence electrons. The Balaban J connectivity index is 3.15. The third-order valence-electron chi connectivity index (χ3n) is 0.333. The normalized spacial score (nSPS) is 12.0. The van der Waals surface area contributed by atoms with Crippen LogP contribution in [0.1, 0.15) is 0 Å². The van der Waals surface area contributed by atoms with Crippen molar-refractivity contribution in [2.24, 2.45) is 0 Å². The fourth-order valence-electron chi connectivity index (χ4n) is 0.250. The standard InChI is InChI=1S/C4H12OSSi/c1-6-5-7(2,3)4/h1-4H3. The Labute approximate surface area is 50.8 Å². The minimum atomic E-state index is -1.19. The lowest BCUT2D eigenvalue weighted by molar-refractivity contribution is 0.655. The van der Waals surface area contributed by atoms with Gasteiger partial charge in [-0.25, -0.2) is 0 Å². The van der Waals surface area contributed by atoms with Gasteiger partial charge in [-0.2, -0.15) is 0 Å². The molecule has 0 fully saturated rings. The van der Waals surface area contributed by atoms with Crippen LogP contribution in [0.15, 0.2) is 0 Å². The molecule has 0 aromatic heterocycles. The molecular formula is C4H12OSSi. The molecule has 0 saturated carbocycles. The molecule has 0 amide bonds. The quantitative estimate of drug-likeness (QED) is 0.425. The van der Waals surface area contributed by atoms with Crippen molar-refractivity contribution in [1.29, 1.82) is 0 Å². The Morgan fingerprint density at radius 3 is 1.71 bits per heavy atom. The molecule has 0 atom stereocenters. The van der Waals surface area contributed by atoms with Gasteiger partial charge in [0.15, 0.2) is 0 Å². The fourth-order valence-corrected chi connectivity index (χ4v) is 2.25. The zero-order valence-electron chi connectivity index (χ0n) is 5.32. The summed E-state index contributed by atoms with van der Waals surface area (Å²) >= 11 is 1.47. The molecule has 0 bridgehead atoms. The van der Waals surface area contributed by atoms with E-state index in [1.807, 2.05) is 6.26 Å². The third kappa shape index (κ3) is 6.53. The van der Waals surface area contributed by atoms with Gasteiger partial charge in [-0.3, -0.25) is 0 Å². The second-order valence-corrected chi connectivity index (χ2v) is 7.59.